The molecular weight excluding hydrogens is 390 g/mol. The maximum atomic E-state index is 13.0. The molecule has 0 spiro atoms. The topological polar surface area (TPSA) is 92.6 Å². The quantitative estimate of drug-likeness (QED) is 0.275. The molecule has 0 radical (unpaired) electrons. The van der Waals surface area contributed by atoms with E-state index in [-0.39, 0.29) is 16.4 Å². The summed E-state index contributed by atoms with van der Waals surface area (Å²) in [5.41, 5.74) is 2.62. The van der Waals surface area contributed by atoms with Gasteiger partial charge in [0.25, 0.3) is 17.5 Å². The summed E-state index contributed by atoms with van der Waals surface area (Å²) in [6, 6.07) is 11.7. The molecule has 0 aromatic heterocycles. The van der Waals surface area contributed by atoms with Crippen LogP contribution in [0, 0.1) is 24.0 Å². The first kappa shape index (κ1) is 20.1. The average Bonchev–Trinajstić information content (AvgIpc) is 2.67. The van der Waals surface area contributed by atoms with E-state index in [1.807, 2.05) is 26.0 Å². The van der Waals surface area contributed by atoms with Crippen molar-refractivity contribution in [1.82, 2.24) is 5.32 Å². The molecule has 1 fully saturated rings. The molecule has 7 nitrogen and oxygen atoms in total. The Hall–Kier alpha value is -3.65. The number of carbonyl (C=O) groups is 2. The number of anilines is 1. The Balaban J connectivity index is 1.96. The molecule has 8 heteroatoms. The molecule has 2 aromatic rings. The number of aryl methyl sites for hydroxylation is 1. The van der Waals surface area contributed by atoms with Crippen LogP contribution in [0.5, 0.6) is 0 Å². The lowest BCUT2D eigenvalue weighted by molar-refractivity contribution is -0.385. The molecule has 0 atom stereocenters. The zero-order valence-electron chi connectivity index (χ0n) is 15.7. The number of thiocarbonyl (C=S) groups is 1. The van der Waals surface area contributed by atoms with E-state index in [1.54, 1.807) is 24.3 Å². The van der Waals surface area contributed by atoms with Gasteiger partial charge >= 0.3 is 0 Å². The summed E-state index contributed by atoms with van der Waals surface area (Å²) in [7, 11) is 0. The average molecular weight is 407 g/mol. The van der Waals surface area contributed by atoms with Gasteiger partial charge in [-0.05, 0) is 61.5 Å². The summed E-state index contributed by atoms with van der Waals surface area (Å²) in [6.45, 7) is 3.79. The summed E-state index contributed by atoms with van der Waals surface area (Å²) in [4.78, 5) is 37.2. The Kier molecular flexibility index (Phi) is 5.65. The molecule has 0 unspecified atom stereocenters. The third-order valence-corrected chi connectivity index (χ3v) is 4.88. The number of nitrogens with zero attached hydrogens (tertiary/aromatic N) is 2. The predicted molar refractivity (Wildman–Crippen MR) is 114 cm³/mol. The fourth-order valence-electron chi connectivity index (χ4n) is 2.92. The summed E-state index contributed by atoms with van der Waals surface area (Å²) in [5, 5.41) is 13.6. The third-order valence-electron chi connectivity index (χ3n) is 4.59. The number of carbonyl (C=O) groups excluding carboxylic acids is 2. The first-order valence-electron chi connectivity index (χ1n) is 8.69. The maximum Gasteiger partial charge on any atom is 0.276 e. The van der Waals surface area contributed by atoms with Gasteiger partial charge in [-0.3, -0.25) is 29.9 Å². The van der Waals surface area contributed by atoms with Crippen molar-refractivity contribution in [1.29, 1.82) is 0 Å². The summed E-state index contributed by atoms with van der Waals surface area (Å²) < 4.78 is 0. The van der Waals surface area contributed by atoms with Gasteiger partial charge in [-0.25, -0.2) is 0 Å². The molecule has 146 valence electrons. The molecule has 1 aliphatic rings. The van der Waals surface area contributed by atoms with Crippen molar-refractivity contribution in [3.63, 3.8) is 0 Å². The van der Waals surface area contributed by atoms with Crippen LogP contribution in [0.3, 0.4) is 0 Å². The molecule has 1 aliphatic heterocycles. The van der Waals surface area contributed by atoms with Crippen molar-refractivity contribution in [2.24, 2.45) is 0 Å². The van der Waals surface area contributed by atoms with E-state index in [2.05, 4.69) is 5.32 Å². The standard InChI is InChI=1S/C21H17N3O4S/c1-13-7-5-12-17(14(13)2)23-20(26)16(19(25)22-21(23)29)10-6-9-15-8-3-4-11-18(15)24(27)28/h3-12H,1-2H3,(H,22,25,29)/b9-6+,16-10+. The lowest BCUT2D eigenvalue weighted by Crippen LogP contribution is -2.54. The zero-order chi connectivity index (χ0) is 21.1. The van der Waals surface area contributed by atoms with Crippen LogP contribution in [-0.4, -0.2) is 21.9 Å². The minimum atomic E-state index is -0.617. The molecule has 29 heavy (non-hydrogen) atoms. The number of allylic oxidation sites excluding steroid dienone is 2. The Labute approximate surface area is 172 Å². The van der Waals surface area contributed by atoms with Crippen LogP contribution in [0.4, 0.5) is 11.4 Å². The minimum absolute atomic E-state index is 0.00790. The lowest BCUT2D eigenvalue weighted by atomic mass is 10.0. The van der Waals surface area contributed by atoms with Crippen LogP contribution < -0.4 is 10.2 Å². The van der Waals surface area contributed by atoms with E-state index in [9.17, 15) is 19.7 Å². The Morgan fingerprint density at radius 1 is 1.10 bits per heavy atom. The van der Waals surface area contributed by atoms with Crippen LogP contribution in [0.2, 0.25) is 0 Å². The Morgan fingerprint density at radius 2 is 1.83 bits per heavy atom. The summed E-state index contributed by atoms with van der Waals surface area (Å²) >= 11 is 5.21. The second-order valence-corrected chi connectivity index (χ2v) is 6.76. The van der Waals surface area contributed by atoms with Crippen molar-refractivity contribution in [2.75, 3.05) is 4.90 Å². The highest BCUT2D eigenvalue weighted by Gasteiger charge is 2.34. The van der Waals surface area contributed by atoms with Crippen molar-refractivity contribution in [2.45, 2.75) is 13.8 Å². The molecule has 1 heterocycles. The van der Waals surface area contributed by atoms with Gasteiger partial charge in [0.1, 0.15) is 5.57 Å². The van der Waals surface area contributed by atoms with E-state index in [0.717, 1.165) is 11.1 Å². The number of nitro groups is 1. The molecule has 0 bridgehead atoms. The highest BCUT2D eigenvalue weighted by Crippen LogP contribution is 2.26. The van der Waals surface area contributed by atoms with Crippen molar-refractivity contribution < 1.29 is 14.5 Å². The molecule has 2 aromatic carbocycles. The Bertz CT molecular complexity index is 1100. The van der Waals surface area contributed by atoms with Crippen LogP contribution in [0.15, 0.2) is 60.2 Å². The number of benzene rings is 2. The highest BCUT2D eigenvalue weighted by atomic mass is 32.1. The zero-order valence-corrected chi connectivity index (χ0v) is 16.5. The van der Waals surface area contributed by atoms with Gasteiger partial charge in [0.05, 0.1) is 16.2 Å². The molecular formula is C21H17N3O4S. The van der Waals surface area contributed by atoms with E-state index in [1.165, 1.54) is 29.2 Å². The van der Waals surface area contributed by atoms with Crippen molar-refractivity contribution in [3.8, 4) is 0 Å². The SMILES string of the molecule is Cc1cccc(N2C(=O)/C(=C/C=C/c3ccccc3[N+](=O)[O-])C(=O)NC2=S)c1C. The number of hydrogen-bond acceptors (Lipinski definition) is 5. The maximum absolute atomic E-state index is 13.0. The smallest absolute Gasteiger partial charge is 0.276 e. The monoisotopic (exact) mass is 407 g/mol. The first-order chi connectivity index (χ1) is 13.8. The van der Waals surface area contributed by atoms with Gasteiger partial charge in [-0.2, -0.15) is 0 Å². The largest absolute Gasteiger partial charge is 0.298 e. The molecule has 1 saturated heterocycles. The molecule has 2 amide bonds. The van der Waals surface area contributed by atoms with Crippen LogP contribution in [0.25, 0.3) is 6.08 Å². The fourth-order valence-corrected chi connectivity index (χ4v) is 3.19. The van der Waals surface area contributed by atoms with Gasteiger partial charge in [0.15, 0.2) is 5.11 Å². The van der Waals surface area contributed by atoms with Crippen LogP contribution >= 0.6 is 12.2 Å². The highest BCUT2D eigenvalue weighted by molar-refractivity contribution is 7.80. The van der Waals surface area contributed by atoms with Crippen LogP contribution in [0.1, 0.15) is 16.7 Å². The molecule has 3 rings (SSSR count). The minimum Gasteiger partial charge on any atom is -0.298 e. The molecule has 0 aliphatic carbocycles. The van der Waals surface area contributed by atoms with E-state index < -0.39 is 16.7 Å². The Morgan fingerprint density at radius 3 is 2.55 bits per heavy atom. The van der Waals surface area contributed by atoms with Gasteiger partial charge in [0, 0.05) is 6.07 Å². The second kappa shape index (κ2) is 8.15. The summed E-state index contributed by atoms with van der Waals surface area (Å²) in [5.74, 6) is -1.17. The van der Waals surface area contributed by atoms with Gasteiger partial charge in [-0.15, -0.1) is 0 Å². The van der Waals surface area contributed by atoms with E-state index in [0.29, 0.717) is 11.3 Å². The first-order valence-corrected chi connectivity index (χ1v) is 9.10. The van der Waals surface area contributed by atoms with Gasteiger partial charge in [-0.1, -0.05) is 30.3 Å². The van der Waals surface area contributed by atoms with Crippen molar-refractivity contribution in [3.05, 3.63) is 87.0 Å². The van der Waals surface area contributed by atoms with E-state index >= 15 is 0 Å². The van der Waals surface area contributed by atoms with Crippen molar-refractivity contribution >= 4 is 46.6 Å². The number of nitrogens with one attached hydrogen (secondary N) is 1. The second-order valence-electron chi connectivity index (χ2n) is 6.37. The number of para-hydroxylation sites is 1. The number of hydrogen-bond donors (Lipinski definition) is 1. The van der Waals surface area contributed by atoms with Gasteiger partial charge < -0.3 is 0 Å². The fraction of sp³-hybridized carbons (Fsp3) is 0.0952. The third kappa shape index (κ3) is 3.97. The van der Waals surface area contributed by atoms with Gasteiger partial charge in [0.2, 0.25) is 0 Å². The molecule has 0 saturated carbocycles. The van der Waals surface area contributed by atoms with Crippen LogP contribution in [-0.2, 0) is 9.59 Å². The normalized spacial score (nSPS) is 15.9. The summed E-state index contributed by atoms with van der Waals surface area (Å²) in [6.07, 6.45) is 4.24. The number of amides is 2. The predicted octanol–water partition coefficient (Wildman–Crippen LogP) is 3.60. The molecule has 1 N–H and O–H groups in total. The number of nitro benzene ring substituents is 1. The number of rotatable bonds is 4. The van der Waals surface area contributed by atoms with E-state index in [4.69, 9.17) is 12.2 Å². The lowest BCUT2D eigenvalue weighted by Gasteiger charge is -2.30.